The van der Waals surface area contributed by atoms with Crippen molar-refractivity contribution in [1.82, 2.24) is 4.57 Å². The van der Waals surface area contributed by atoms with Gasteiger partial charge in [-0.3, -0.25) is 9.59 Å². The lowest BCUT2D eigenvalue weighted by Crippen LogP contribution is -2.19. The molecule has 0 aliphatic heterocycles. The van der Waals surface area contributed by atoms with Crippen LogP contribution in [0.5, 0.6) is 5.75 Å². The van der Waals surface area contributed by atoms with Crippen molar-refractivity contribution in [2.24, 2.45) is 0 Å². The summed E-state index contributed by atoms with van der Waals surface area (Å²) >= 11 is 0. The normalized spacial score (nSPS) is 10.6. The van der Waals surface area contributed by atoms with Crippen LogP contribution in [0.3, 0.4) is 0 Å². The number of esters is 1. The van der Waals surface area contributed by atoms with Crippen molar-refractivity contribution in [3.8, 4) is 11.4 Å². The molecule has 0 N–H and O–H groups in total. The summed E-state index contributed by atoms with van der Waals surface area (Å²) in [6.07, 6.45) is 0. The minimum Gasteiger partial charge on any atom is -0.482 e. The lowest BCUT2D eigenvalue weighted by molar-refractivity contribution is -0.144. The van der Waals surface area contributed by atoms with Crippen LogP contribution in [0.1, 0.15) is 39.0 Å². The van der Waals surface area contributed by atoms with E-state index in [0.717, 1.165) is 5.69 Å². The van der Waals surface area contributed by atoms with E-state index < -0.39 is 12.6 Å². The van der Waals surface area contributed by atoms with E-state index in [2.05, 4.69) is 0 Å². The molecule has 0 unspecified atom stereocenters. The Labute approximate surface area is 179 Å². The Kier molecular flexibility index (Phi) is 6.65. The van der Waals surface area contributed by atoms with Crippen molar-refractivity contribution in [3.63, 3.8) is 0 Å². The van der Waals surface area contributed by atoms with Gasteiger partial charge in [0.05, 0.1) is 0 Å². The molecule has 0 aliphatic rings. The first kappa shape index (κ1) is 22.0. The van der Waals surface area contributed by atoms with Gasteiger partial charge in [-0.2, -0.15) is 0 Å². The number of benzene rings is 2. The number of hydrogen-bond acceptors (Lipinski definition) is 5. The van der Waals surface area contributed by atoms with Crippen LogP contribution in [-0.2, 0) is 9.53 Å². The second kappa shape index (κ2) is 9.38. The molecule has 0 saturated heterocycles. The second-order valence-electron chi connectivity index (χ2n) is 7.05. The first-order valence-corrected chi connectivity index (χ1v) is 9.63. The van der Waals surface area contributed by atoms with Crippen LogP contribution in [0, 0.1) is 19.7 Å². The second-order valence-corrected chi connectivity index (χ2v) is 7.05. The van der Waals surface area contributed by atoms with E-state index in [-0.39, 0.29) is 24.0 Å². The standard InChI is InChI=1S/C24H22FNO5/c1-15-11-22(16(2)26(15)20-6-4-5-19(25)12-20)23(28)13-31-24(29)14-30-21-9-7-18(8-10-21)17(3)27/h4-12H,13-14H2,1-3H3. The summed E-state index contributed by atoms with van der Waals surface area (Å²) in [7, 11) is 0. The number of rotatable bonds is 8. The van der Waals surface area contributed by atoms with Crippen molar-refractivity contribution in [2.45, 2.75) is 20.8 Å². The van der Waals surface area contributed by atoms with Crippen molar-refractivity contribution < 1.29 is 28.2 Å². The molecule has 2 aromatic carbocycles. The van der Waals surface area contributed by atoms with Gasteiger partial charge < -0.3 is 14.0 Å². The lowest BCUT2D eigenvalue weighted by atomic mass is 10.1. The lowest BCUT2D eigenvalue weighted by Gasteiger charge is -2.10. The number of aromatic nitrogens is 1. The molecule has 0 atom stereocenters. The zero-order valence-electron chi connectivity index (χ0n) is 17.5. The van der Waals surface area contributed by atoms with Crippen LogP contribution in [0.2, 0.25) is 0 Å². The number of aryl methyl sites for hydroxylation is 1. The molecular formula is C24H22FNO5. The molecule has 0 radical (unpaired) electrons. The van der Waals surface area contributed by atoms with Gasteiger partial charge in [0.15, 0.2) is 19.0 Å². The van der Waals surface area contributed by atoms with E-state index >= 15 is 0 Å². The van der Waals surface area contributed by atoms with Crippen LogP contribution in [0.15, 0.2) is 54.6 Å². The highest BCUT2D eigenvalue weighted by atomic mass is 19.1. The molecule has 6 nitrogen and oxygen atoms in total. The summed E-state index contributed by atoms with van der Waals surface area (Å²) in [5.74, 6) is -1.09. The highest BCUT2D eigenvalue weighted by Crippen LogP contribution is 2.22. The quantitative estimate of drug-likeness (QED) is 0.400. The third-order valence-corrected chi connectivity index (χ3v) is 4.78. The largest absolute Gasteiger partial charge is 0.482 e. The van der Waals surface area contributed by atoms with Gasteiger partial charge in [0.2, 0.25) is 5.78 Å². The molecule has 3 rings (SSSR count). The Morgan fingerprint density at radius 3 is 2.32 bits per heavy atom. The number of Topliss-reactive ketones (excluding diaryl/α,β-unsaturated/α-hetero) is 2. The molecule has 0 fully saturated rings. The van der Waals surface area contributed by atoms with Crippen molar-refractivity contribution >= 4 is 17.5 Å². The summed E-state index contributed by atoms with van der Waals surface area (Å²) in [5, 5.41) is 0. The Hall–Kier alpha value is -3.74. The maximum Gasteiger partial charge on any atom is 0.344 e. The third-order valence-electron chi connectivity index (χ3n) is 4.78. The third kappa shape index (κ3) is 5.25. The molecule has 3 aromatic rings. The van der Waals surface area contributed by atoms with Crippen LogP contribution in [0.25, 0.3) is 5.69 Å². The van der Waals surface area contributed by atoms with Gasteiger partial charge in [0, 0.05) is 28.2 Å². The fourth-order valence-corrected chi connectivity index (χ4v) is 3.25. The van der Waals surface area contributed by atoms with Crippen molar-refractivity contribution in [3.05, 3.63) is 82.9 Å². The minimum atomic E-state index is -0.692. The highest BCUT2D eigenvalue weighted by molar-refractivity contribution is 5.99. The van der Waals surface area contributed by atoms with E-state index in [1.807, 2.05) is 6.92 Å². The number of nitrogens with zero attached hydrogens (tertiary/aromatic N) is 1. The molecule has 31 heavy (non-hydrogen) atoms. The van der Waals surface area contributed by atoms with Crippen molar-refractivity contribution in [2.75, 3.05) is 13.2 Å². The van der Waals surface area contributed by atoms with Crippen molar-refractivity contribution in [1.29, 1.82) is 0 Å². The van der Waals surface area contributed by atoms with Gasteiger partial charge in [0.25, 0.3) is 0 Å². The Balaban J connectivity index is 1.58. The van der Waals surface area contributed by atoms with E-state index in [0.29, 0.717) is 28.3 Å². The van der Waals surface area contributed by atoms with Crippen LogP contribution >= 0.6 is 0 Å². The smallest absolute Gasteiger partial charge is 0.344 e. The number of hydrogen-bond donors (Lipinski definition) is 0. The number of carbonyl (C=O) groups excluding carboxylic acids is 3. The first-order valence-electron chi connectivity index (χ1n) is 9.63. The Morgan fingerprint density at radius 2 is 1.68 bits per heavy atom. The van der Waals surface area contributed by atoms with Gasteiger partial charge in [-0.05, 0) is 69.3 Å². The van der Waals surface area contributed by atoms with Gasteiger partial charge in [0.1, 0.15) is 11.6 Å². The predicted molar refractivity (Wildman–Crippen MR) is 112 cm³/mol. The van der Waals surface area contributed by atoms with Gasteiger partial charge in [-0.15, -0.1) is 0 Å². The van der Waals surface area contributed by atoms with E-state index in [4.69, 9.17) is 9.47 Å². The summed E-state index contributed by atoms with van der Waals surface area (Å²) in [4.78, 5) is 35.8. The fourth-order valence-electron chi connectivity index (χ4n) is 3.25. The topological polar surface area (TPSA) is 74.6 Å². The van der Waals surface area contributed by atoms with Crippen LogP contribution in [0.4, 0.5) is 4.39 Å². The highest BCUT2D eigenvalue weighted by Gasteiger charge is 2.18. The van der Waals surface area contributed by atoms with E-state index in [1.165, 1.54) is 19.1 Å². The van der Waals surface area contributed by atoms with E-state index in [1.54, 1.807) is 54.0 Å². The van der Waals surface area contributed by atoms with Crippen LogP contribution in [-0.4, -0.2) is 35.3 Å². The summed E-state index contributed by atoms with van der Waals surface area (Å²) in [5.41, 5.74) is 2.93. The zero-order valence-corrected chi connectivity index (χ0v) is 17.5. The molecule has 7 heteroatoms. The summed E-state index contributed by atoms with van der Waals surface area (Å²) < 4.78 is 25.7. The van der Waals surface area contributed by atoms with Crippen LogP contribution < -0.4 is 4.74 Å². The number of carbonyl (C=O) groups is 3. The predicted octanol–water partition coefficient (Wildman–Crippen LogP) is 4.24. The SMILES string of the molecule is CC(=O)c1ccc(OCC(=O)OCC(=O)c2cc(C)n(-c3cccc(F)c3)c2C)cc1. The van der Waals surface area contributed by atoms with Gasteiger partial charge in [-0.1, -0.05) is 6.07 Å². The average molecular weight is 423 g/mol. The maximum absolute atomic E-state index is 13.6. The number of ketones is 2. The molecule has 0 spiro atoms. The Bertz CT molecular complexity index is 1130. The summed E-state index contributed by atoms with van der Waals surface area (Å²) in [6, 6.07) is 14.1. The molecule has 0 bridgehead atoms. The molecule has 1 heterocycles. The summed E-state index contributed by atoms with van der Waals surface area (Å²) in [6.45, 7) is 4.22. The number of ether oxygens (including phenoxy) is 2. The first-order chi connectivity index (χ1) is 14.8. The van der Waals surface area contributed by atoms with Gasteiger partial charge in [-0.25, -0.2) is 9.18 Å². The number of halogens is 1. The monoisotopic (exact) mass is 423 g/mol. The van der Waals surface area contributed by atoms with E-state index in [9.17, 15) is 18.8 Å². The molecule has 0 amide bonds. The Morgan fingerprint density at radius 1 is 0.968 bits per heavy atom. The fraction of sp³-hybridized carbons (Fsp3) is 0.208. The molecule has 0 saturated carbocycles. The minimum absolute atomic E-state index is 0.0683. The molecular weight excluding hydrogens is 401 g/mol. The zero-order chi connectivity index (χ0) is 22.5. The maximum atomic E-state index is 13.6. The average Bonchev–Trinajstić information content (AvgIpc) is 3.04. The molecule has 1 aromatic heterocycles. The molecule has 0 aliphatic carbocycles. The van der Waals surface area contributed by atoms with Gasteiger partial charge >= 0.3 is 5.97 Å². The molecule has 160 valence electrons.